The topological polar surface area (TPSA) is 50.6 Å². The maximum Gasteiger partial charge on any atom is 0.244 e. The lowest BCUT2D eigenvalue weighted by Crippen LogP contribution is -2.41. The van der Waals surface area contributed by atoms with Gasteiger partial charge in [-0.25, -0.2) is 0 Å². The summed E-state index contributed by atoms with van der Waals surface area (Å²) in [6.07, 6.45) is 1.03. The van der Waals surface area contributed by atoms with E-state index in [1.807, 2.05) is 68.7 Å². The lowest BCUT2D eigenvalue weighted by Gasteiger charge is -2.32. The Labute approximate surface area is 167 Å². The largest absolute Gasteiger partial charge is 0.347 e. The van der Waals surface area contributed by atoms with Crippen LogP contribution in [-0.2, 0) is 11.3 Å². The summed E-state index contributed by atoms with van der Waals surface area (Å²) in [5.41, 5.74) is 2.97. The van der Waals surface area contributed by atoms with Crippen molar-refractivity contribution in [3.63, 3.8) is 0 Å². The van der Waals surface area contributed by atoms with Crippen LogP contribution in [0.5, 0.6) is 0 Å². The van der Waals surface area contributed by atoms with Gasteiger partial charge in [0, 0.05) is 40.3 Å². The van der Waals surface area contributed by atoms with Crippen molar-refractivity contribution in [2.45, 2.75) is 19.0 Å². The van der Waals surface area contributed by atoms with E-state index in [0.29, 0.717) is 5.56 Å². The van der Waals surface area contributed by atoms with Crippen LogP contribution in [0.25, 0.3) is 0 Å². The van der Waals surface area contributed by atoms with Crippen molar-refractivity contribution in [2.75, 3.05) is 40.3 Å². The highest BCUT2D eigenvalue weighted by molar-refractivity contribution is 5.82. The van der Waals surface area contributed by atoms with Crippen molar-refractivity contribution in [3.8, 4) is 6.07 Å². The van der Waals surface area contributed by atoms with E-state index in [1.54, 1.807) is 4.90 Å². The normalized spacial score (nSPS) is 16.8. The van der Waals surface area contributed by atoms with Crippen LogP contribution in [0.4, 0.5) is 0 Å². The summed E-state index contributed by atoms with van der Waals surface area (Å²) < 4.78 is 0. The van der Waals surface area contributed by atoms with Crippen molar-refractivity contribution in [3.05, 3.63) is 71.3 Å². The number of likely N-dealkylation sites (N-methyl/N-ethyl adjacent to an activating group) is 1. The van der Waals surface area contributed by atoms with Crippen molar-refractivity contribution >= 4 is 5.91 Å². The molecule has 0 saturated carbocycles. The van der Waals surface area contributed by atoms with Crippen LogP contribution in [0, 0.1) is 11.3 Å². The average molecular weight is 377 g/mol. The zero-order valence-corrected chi connectivity index (χ0v) is 16.7. The van der Waals surface area contributed by atoms with Gasteiger partial charge in [0.15, 0.2) is 0 Å². The number of amides is 1. The van der Waals surface area contributed by atoms with E-state index < -0.39 is 0 Å². The summed E-state index contributed by atoms with van der Waals surface area (Å²) in [7, 11) is 3.65. The van der Waals surface area contributed by atoms with E-state index in [4.69, 9.17) is 5.26 Å². The molecule has 5 heteroatoms. The molecule has 0 aromatic heterocycles. The van der Waals surface area contributed by atoms with Gasteiger partial charge in [-0.1, -0.05) is 42.5 Å². The summed E-state index contributed by atoms with van der Waals surface area (Å²) in [4.78, 5) is 19.4. The van der Waals surface area contributed by atoms with Crippen molar-refractivity contribution in [2.24, 2.45) is 0 Å². The van der Waals surface area contributed by atoms with E-state index in [1.165, 1.54) is 5.56 Å². The lowest BCUT2D eigenvalue weighted by atomic mass is 10.0. The van der Waals surface area contributed by atoms with Crippen LogP contribution in [0.15, 0.2) is 54.6 Å². The number of rotatable bonds is 5. The van der Waals surface area contributed by atoms with Gasteiger partial charge in [0.25, 0.3) is 0 Å². The molecule has 0 N–H and O–H groups in total. The van der Waals surface area contributed by atoms with Crippen molar-refractivity contribution in [1.29, 1.82) is 5.26 Å². The van der Waals surface area contributed by atoms with Crippen molar-refractivity contribution < 1.29 is 4.79 Å². The second-order valence-corrected chi connectivity index (χ2v) is 7.52. The number of hydrogen-bond acceptors (Lipinski definition) is 4. The van der Waals surface area contributed by atoms with Crippen LogP contribution < -0.4 is 0 Å². The Balaban J connectivity index is 1.69. The molecule has 3 rings (SSSR count). The fourth-order valence-corrected chi connectivity index (χ4v) is 3.74. The first-order valence-corrected chi connectivity index (χ1v) is 9.80. The fraction of sp³-hybridized carbons (Fsp3) is 0.391. The SMILES string of the molecule is CN(C)C(=O)C(c1ccccc1)N1CCCN(Cc2ccc(C#N)cc2)CC1. The zero-order chi connectivity index (χ0) is 19.9. The Kier molecular flexibility index (Phi) is 6.80. The van der Waals surface area contributed by atoms with Crippen molar-refractivity contribution in [1.82, 2.24) is 14.7 Å². The van der Waals surface area contributed by atoms with E-state index >= 15 is 0 Å². The highest BCUT2D eigenvalue weighted by Gasteiger charge is 2.30. The molecule has 1 amide bonds. The summed E-state index contributed by atoms with van der Waals surface area (Å²) in [6, 6.07) is 19.8. The van der Waals surface area contributed by atoms with Gasteiger partial charge in [0.2, 0.25) is 5.91 Å². The molecule has 1 heterocycles. The van der Waals surface area contributed by atoms with Gasteiger partial charge in [0.1, 0.15) is 6.04 Å². The van der Waals surface area contributed by atoms with Crippen LogP contribution in [0.1, 0.15) is 29.2 Å². The third-order valence-electron chi connectivity index (χ3n) is 5.27. The minimum atomic E-state index is -0.230. The fourth-order valence-electron chi connectivity index (χ4n) is 3.74. The molecule has 28 heavy (non-hydrogen) atoms. The Morgan fingerprint density at radius 2 is 1.75 bits per heavy atom. The maximum absolute atomic E-state index is 12.9. The molecular weight excluding hydrogens is 348 g/mol. The van der Waals surface area contributed by atoms with Crippen LogP contribution in [0.2, 0.25) is 0 Å². The number of benzene rings is 2. The van der Waals surface area contributed by atoms with E-state index in [-0.39, 0.29) is 11.9 Å². The van der Waals surface area contributed by atoms with Gasteiger partial charge in [-0.3, -0.25) is 14.6 Å². The van der Waals surface area contributed by atoms with Crippen LogP contribution >= 0.6 is 0 Å². The molecule has 1 unspecified atom stereocenters. The molecule has 0 radical (unpaired) electrons. The first kappa shape index (κ1) is 20.1. The highest BCUT2D eigenvalue weighted by Crippen LogP contribution is 2.24. The Morgan fingerprint density at radius 3 is 2.39 bits per heavy atom. The quantitative estimate of drug-likeness (QED) is 0.805. The second kappa shape index (κ2) is 9.50. The number of carbonyl (C=O) groups excluding carboxylic acids is 1. The predicted molar refractivity (Wildman–Crippen MR) is 111 cm³/mol. The summed E-state index contributed by atoms with van der Waals surface area (Å²) in [5.74, 6) is 0.131. The van der Waals surface area contributed by atoms with E-state index in [9.17, 15) is 4.79 Å². The van der Waals surface area contributed by atoms with Gasteiger partial charge >= 0.3 is 0 Å². The van der Waals surface area contributed by atoms with Gasteiger partial charge in [-0.2, -0.15) is 5.26 Å². The molecule has 1 aliphatic heterocycles. The molecular formula is C23H28N4O. The summed E-state index contributed by atoms with van der Waals surface area (Å²) in [5, 5.41) is 8.95. The Morgan fingerprint density at radius 1 is 1.04 bits per heavy atom. The standard InChI is InChI=1S/C23H28N4O/c1-25(2)23(28)22(21-7-4-3-5-8-21)27-14-6-13-26(15-16-27)18-20-11-9-19(17-24)10-12-20/h3-5,7-12,22H,6,13-16,18H2,1-2H3. The van der Waals surface area contributed by atoms with E-state index in [0.717, 1.165) is 44.7 Å². The molecule has 2 aromatic rings. The number of nitriles is 1. The molecule has 0 spiro atoms. The van der Waals surface area contributed by atoms with Gasteiger partial charge in [-0.05, 0) is 36.2 Å². The molecule has 2 aromatic carbocycles. The van der Waals surface area contributed by atoms with Gasteiger partial charge in [-0.15, -0.1) is 0 Å². The molecule has 0 aliphatic carbocycles. The highest BCUT2D eigenvalue weighted by atomic mass is 16.2. The van der Waals surface area contributed by atoms with E-state index in [2.05, 4.69) is 15.9 Å². The van der Waals surface area contributed by atoms with Crippen LogP contribution in [-0.4, -0.2) is 60.9 Å². The predicted octanol–water partition coefficient (Wildman–Crippen LogP) is 2.90. The second-order valence-electron chi connectivity index (χ2n) is 7.52. The monoisotopic (exact) mass is 376 g/mol. The van der Waals surface area contributed by atoms with Gasteiger partial charge < -0.3 is 4.90 Å². The summed E-state index contributed by atoms with van der Waals surface area (Å²) >= 11 is 0. The molecule has 146 valence electrons. The smallest absolute Gasteiger partial charge is 0.244 e. The molecule has 1 saturated heterocycles. The Hall–Kier alpha value is -2.68. The number of hydrogen-bond donors (Lipinski definition) is 0. The third-order valence-corrected chi connectivity index (χ3v) is 5.27. The number of nitrogens with zero attached hydrogens (tertiary/aromatic N) is 4. The summed E-state index contributed by atoms with van der Waals surface area (Å²) in [6.45, 7) is 4.56. The Bertz CT molecular complexity index is 811. The zero-order valence-electron chi connectivity index (χ0n) is 16.7. The van der Waals surface area contributed by atoms with Crippen LogP contribution in [0.3, 0.4) is 0 Å². The first-order valence-electron chi connectivity index (χ1n) is 9.80. The molecule has 1 atom stereocenters. The van der Waals surface area contributed by atoms with Gasteiger partial charge in [0.05, 0.1) is 11.6 Å². The average Bonchev–Trinajstić information content (AvgIpc) is 2.95. The molecule has 1 fully saturated rings. The molecule has 1 aliphatic rings. The molecule has 5 nitrogen and oxygen atoms in total. The molecule has 0 bridgehead atoms. The third kappa shape index (κ3) is 4.98. The maximum atomic E-state index is 12.9. The first-order chi connectivity index (χ1) is 13.6. The minimum absolute atomic E-state index is 0.131. The lowest BCUT2D eigenvalue weighted by molar-refractivity contribution is -0.134. The number of carbonyl (C=O) groups is 1. The minimum Gasteiger partial charge on any atom is -0.347 e.